The molecule has 60 valence electrons. The summed E-state index contributed by atoms with van der Waals surface area (Å²) >= 11 is 5.72. The number of hydrogen-bond acceptors (Lipinski definition) is 1. The maximum Gasteiger partial charge on any atom is 0.0618 e. The third-order valence-electron chi connectivity index (χ3n) is 1.18. The molecule has 0 aromatic carbocycles. The topological polar surface area (TPSA) is 12.9 Å². The van der Waals surface area contributed by atoms with Gasteiger partial charge in [-0.25, -0.2) is 0 Å². The zero-order chi connectivity index (χ0) is 8.85. The van der Waals surface area contributed by atoms with Crippen molar-refractivity contribution in [3.63, 3.8) is 0 Å². The van der Waals surface area contributed by atoms with Crippen molar-refractivity contribution < 1.29 is 0 Å². The SMILES string of the molecule is C=C.Cc1cc(C)c(Cl)cn1. The lowest BCUT2D eigenvalue weighted by Crippen LogP contribution is -1.81. The molecule has 0 bridgehead atoms. The highest BCUT2D eigenvalue weighted by atomic mass is 35.5. The molecule has 0 atom stereocenters. The monoisotopic (exact) mass is 169 g/mol. The van der Waals surface area contributed by atoms with Gasteiger partial charge in [0.1, 0.15) is 0 Å². The summed E-state index contributed by atoms with van der Waals surface area (Å²) in [6.07, 6.45) is 1.67. The van der Waals surface area contributed by atoms with Gasteiger partial charge in [-0.2, -0.15) is 0 Å². The number of rotatable bonds is 0. The molecule has 1 nitrogen and oxygen atoms in total. The number of aryl methyl sites for hydroxylation is 2. The smallest absolute Gasteiger partial charge is 0.0618 e. The van der Waals surface area contributed by atoms with E-state index in [1.165, 1.54) is 0 Å². The highest BCUT2D eigenvalue weighted by Gasteiger charge is 1.92. The molecule has 0 unspecified atom stereocenters. The summed E-state index contributed by atoms with van der Waals surface area (Å²) in [5.41, 5.74) is 2.10. The van der Waals surface area contributed by atoms with Gasteiger partial charge in [0, 0.05) is 11.9 Å². The van der Waals surface area contributed by atoms with Crippen LogP contribution in [0.3, 0.4) is 0 Å². The molecule has 11 heavy (non-hydrogen) atoms. The van der Waals surface area contributed by atoms with E-state index in [1.54, 1.807) is 6.20 Å². The standard InChI is InChI=1S/C7H8ClN.C2H4/c1-5-3-6(2)9-4-7(5)8;1-2/h3-4H,1-2H3;1-2H2. The predicted octanol–water partition coefficient (Wildman–Crippen LogP) is 3.15. The molecule has 1 rings (SSSR count). The molecule has 0 aliphatic carbocycles. The first-order valence-corrected chi connectivity index (χ1v) is 3.66. The summed E-state index contributed by atoms with van der Waals surface area (Å²) in [4.78, 5) is 4.01. The lowest BCUT2D eigenvalue weighted by Gasteiger charge is -1.95. The molecule has 1 aromatic rings. The van der Waals surface area contributed by atoms with Gasteiger partial charge in [0.05, 0.1) is 5.02 Å². The maximum absolute atomic E-state index is 5.72. The van der Waals surface area contributed by atoms with Gasteiger partial charge in [0.15, 0.2) is 0 Å². The summed E-state index contributed by atoms with van der Waals surface area (Å²) in [5.74, 6) is 0. The minimum absolute atomic E-state index is 0.737. The first kappa shape index (κ1) is 10.2. The molecular formula is C9H12ClN. The Hall–Kier alpha value is -0.820. The summed E-state index contributed by atoms with van der Waals surface area (Å²) in [7, 11) is 0. The average Bonchev–Trinajstić information content (AvgIpc) is 2.02. The quantitative estimate of drug-likeness (QED) is 0.544. The normalized spacial score (nSPS) is 8.27. The van der Waals surface area contributed by atoms with E-state index in [4.69, 9.17) is 11.6 Å². The zero-order valence-electron chi connectivity index (χ0n) is 6.89. The van der Waals surface area contributed by atoms with E-state index in [0.717, 1.165) is 16.3 Å². The second-order valence-electron chi connectivity index (χ2n) is 2.07. The Kier molecular flexibility index (Phi) is 4.55. The molecule has 0 spiro atoms. The molecular weight excluding hydrogens is 158 g/mol. The van der Waals surface area contributed by atoms with Crippen LogP contribution in [-0.4, -0.2) is 4.98 Å². The van der Waals surface area contributed by atoms with Crippen LogP contribution >= 0.6 is 11.6 Å². The number of halogens is 1. The Bertz CT molecular complexity index is 233. The number of aromatic nitrogens is 1. The number of pyridine rings is 1. The molecule has 1 aromatic heterocycles. The molecule has 0 saturated heterocycles. The van der Waals surface area contributed by atoms with Gasteiger partial charge in [0.25, 0.3) is 0 Å². The summed E-state index contributed by atoms with van der Waals surface area (Å²) in [5, 5.41) is 0.737. The molecule has 0 fully saturated rings. The van der Waals surface area contributed by atoms with E-state index in [2.05, 4.69) is 18.1 Å². The van der Waals surface area contributed by atoms with Crippen LogP contribution in [0.5, 0.6) is 0 Å². The van der Waals surface area contributed by atoms with Gasteiger partial charge in [-0.3, -0.25) is 4.98 Å². The fraction of sp³-hybridized carbons (Fsp3) is 0.222. The molecule has 1 heterocycles. The minimum atomic E-state index is 0.737. The van der Waals surface area contributed by atoms with Crippen molar-refractivity contribution in [2.45, 2.75) is 13.8 Å². The second-order valence-corrected chi connectivity index (χ2v) is 2.48. The molecule has 0 aliphatic rings. The van der Waals surface area contributed by atoms with Crippen LogP contribution in [0.15, 0.2) is 25.4 Å². The first-order valence-electron chi connectivity index (χ1n) is 3.29. The Labute approximate surface area is 72.7 Å². The molecule has 0 amide bonds. The van der Waals surface area contributed by atoms with Crippen LogP contribution in [0.4, 0.5) is 0 Å². The van der Waals surface area contributed by atoms with Crippen molar-refractivity contribution in [3.8, 4) is 0 Å². The van der Waals surface area contributed by atoms with E-state index < -0.39 is 0 Å². The van der Waals surface area contributed by atoms with E-state index in [0.29, 0.717) is 0 Å². The molecule has 0 N–H and O–H groups in total. The Morgan fingerprint density at radius 1 is 1.36 bits per heavy atom. The third kappa shape index (κ3) is 3.19. The van der Waals surface area contributed by atoms with Crippen molar-refractivity contribution in [3.05, 3.63) is 41.7 Å². The fourth-order valence-corrected chi connectivity index (χ4v) is 0.783. The third-order valence-corrected chi connectivity index (χ3v) is 1.58. The highest BCUT2D eigenvalue weighted by Crippen LogP contribution is 2.12. The van der Waals surface area contributed by atoms with Crippen LogP contribution in [0.1, 0.15) is 11.3 Å². The lowest BCUT2D eigenvalue weighted by atomic mass is 10.2. The van der Waals surface area contributed by atoms with Crippen LogP contribution < -0.4 is 0 Å². The Balaban J connectivity index is 0.000000461. The summed E-state index contributed by atoms with van der Waals surface area (Å²) < 4.78 is 0. The highest BCUT2D eigenvalue weighted by molar-refractivity contribution is 6.31. The van der Waals surface area contributed by atoms with Crippen LogP contribution in [0, 0.1) is 13.8 Å². The average molecular weight is 170 g/mol. The molecule has 0 saturated carbocycles. The van der Waals surface area contributed by atoms with Crippen molar-refractivity contribution in [1.82, 2.24) is 4.98 Å². The Morgan fingerprint density at radius 3 is 2.27 bits per heavy atom. The van der Waals surface area contributed by atoms with Gasteiger partial charge in [-0.15, -0.1) is 13.2 Å². The predicted molar refractivity (Wildman–Crippen MR) is 50.0 cm³/mol. The summed E-state index contributed by atoms with van der Waals surface area (Å²) in [6, 6.07) is 1.96. The molecule has 0 radical (unpaired) electrons. The zero-order valence-corrected chi connectivity index (χ0v) is 7.65. The van der Waals surface area contributed by atoms with Gasteiger partial charge in [0.2, 0.25) is 0 Å². The van der Waals surface area contributed by atoms with E-state index in [-0.39, 0.29) is 0 Å². The molecule has 0 aliphatic heterocycles. The lowest BCUT2D eigenvalue weighted by molar-refractivity contribution is 1.18. The van der Waals surface area contributed by atoms with Gasteiger partial charge >= 0.3 is 0 Å². The van der Waals surface area contributed by atoms with Crippen molar-refractivity contribution in [2.75, 3.05) is 0 Å². The van der Waals surface area contributed by atoms with Gasteiger partial charge in [-0.1, -0.05) is 11.6 Å². The summed E-state index contributed by atoms with van der Waals surface area (Å²) in [6.45, 7) is 9.92. The maximum atomic E-state index is 5.72. The number of nitrogens with zero attached hydrogens (tertiary/aromatic N) is 1. The largest absolute Gasteiger partial charge is 0.260 e. The van der Waals surface area contributed by atoms with Crippen molar-refractivity contribution >= 4 is 11.6 Å². The van der Waals surface area contributed by atoms with Crippen molar-refractivity contribution in [1.29, 1.82) is 0 Å². The fourth-order valence-electron chi connectivity index (χ4n) is 0.680. The molecule has 2 heteroatoms. The first-order chi connectivity index (χ1) is 5.20. The minimum Gasteiger partial charge on any atom is -0.260 e. The Morgan fingerprint density at radius 2 is 1.91 bits per heavy atom. The van der Waals surface area contributed by atoms with E-state index >= 15 is 0 Å². The number of hydrogen-bond donors (Lipinski definition) is 0. The van der Waals surface area contributed by atoms with E-state index in [1.807, 2.05) is 19.9 Å². The second kappa shape index (κ2) is 4.91. The van der Waals surface area contributed by atoms with Crippen LogP contribution in [-0.2, 0) is 0 Å². The van der Waals surface area contributed by atoms with E-state index in [9.17, 15) is 0 Å². The van der Waals surface area contributed by atoms with Gasteiger partial charge < -0.3 is 0 Å². The van der Waals surface area contributed by atoms with Crippen LogP contribution in [0.2, 0.25) is 5.02 Å². The van der Waals surface area contributed by atoms with Crippen molar-refractivity contribution in [2.24, 2.45) is 0 Å². The van der Waals surface area contributed by atoms with Gasteiger partial charge in [-0.05, 0) is 25.5 Å². The van der Waals surface area contributed by atoms with Crippen LogP contribution in [0.25, 0.3) is 0 Å².